The molecule has 0 bridgehead atoms. The van der Waals surface area contributed by atoms with Crippen LogP contribution in [0.15, 0.2) is 24.3 Å². The van der Waals surface area contributed by atoms with Crippen molar-refractivity contribution < 1.29 is 19.1 Å². The zero-order valence-corrected chi connectivity index (χ0v) is 16.1. The molecule has 0 radical (unpaired) electrons. The molecule has 1 aromatic carbocycles. The van der Waals surface area contributed by atoms with Crippen LogP contribution in [-0.4, -0.2) is 69.5 Å². The SMILES string of the molecule is CC(=O)OC(C)c1nnnnc1NC(=O)c1ccc(C(=N)N2CCOCC2)cc1. The fraction of sp³-hybridized carbons (Fsp3) is 0.389. The molecule has 1 amide bonds. The maximum Gasteiger partial charge on any atom is 0.303 e. The summed E-state index contributed by atoms with van der Waals surface area (Å²) in [4.78, 5) is 25.7. The van der Waals surface area contributed by atoms with Gasteiger partial charge in [0.2, 0.25) is 0 Å². The number of ether oxygens (including phenoxy) is 2. The summed E-state index contributed by atoms with van der Waals surface area (Å²) in [6.07, 6.45) is -0.748. The van der Waals surface area contributed by atoms with Gasteiger partial charge >= 0.3 is 5.97 Å². The van der Waals surface area contributed by atoms with Gasteiger partial charge in [-0.3, -0.25) is 15.0 Å². The number of nitrogens with zero attached hydrogens (tertiary/aromatic N) is 5. The van der Waals surface area contributed by atoms with Gasteiger partial charge in [-0.05, 0) is 29.5 Å². The average Bonchev–Trinajstić information content (AvgIpc) is 2.74. The predicted molar refractivity (Wildman–Crippen MR) is 101 cm³/mol. The van der Waals surface area contributed by atoms with Gasteiger partial charge in [-0.25, -0.2) is 0 Å². The molecule has 3 rings (SSSR count). The van der Waals surface area contributed by atoms with Crippen molar-refractivity contribution in [1.82, 2.24) is 25.5 Å². The quantitative estimate of drug-likeness (QED) is 0.424. The summed E-state index contributed by atoms with van der Waals surface area (Å²) in [6, 6.07) is 6.67. The van der Waals surface area contributed by atoms with Crippen molar-refractivity contribution in [3.63, 3.8) is 0 Å². The molecule has 0 spiro atoms. The molecule has 152 valence electrons. The second-order valence-corrected chi connectivity index (χ2v) is 6.34. The molecule has 1 atom stereocenters. The van der Waals surface area contributed by atoms with Crippen LogP contribution in [0.1, 0.15) is 41.6 Å². The summed E-state index contributed by atoms with van der Waals surface area (Å²) in [5.41, 5.74) is 1.26. The van der Waals surface area contributed by atoms with Crippen molar-refractivity contribution in [3.05, 3.63) is 41.1 Å². The van der Waals surface area contributed by atoms with Crippen LogP contribution in [0.3, 0.4) is 0 Å². The van der Waals surface area contributed by atoms with Gasteiger partial charge in [-0.15, -0.1) is 10.2 Å². The highest BCUT2D eigenvalue weighted by Gasteiger charge is 2.20. The third-order valence-corrected chi connectivity index (χ3v) is 4.29. The lowest BCUT2D eigenvalue weighted by atomic mass is 10.1. The Bertz CT molecular complexity index is 897. The number of hydrogen-bond acceptors (Lipinski definition) is 9. The Hall–Kier alpha value is -3.47. The van der Waals surface area contributed by atoms with Crippen LogP contribution in [0.25, 0.3) is 0 Å². The number of rotatable bonds is 5. The molecule has 11 heteroatoms. The lowest BCUT2D eigenvalue weighted by Crippen LogP contribution is -2.40. The molecule has 0 aliphatic carbocycles. The van der Waals surface area contributed by atoms with Gasteiger partial charge in [-0.2, -0.15) is 0 Å². The van der Waals surface area contributed by atoms with Crippen LogP contribution in [-0.2, 0) is 14.3 Å². The van der Waals surface area contributed by atoms with Crippen molar-refractivity contribution in [3.8, 4) is 0 Å². The second-order valence-electron chi connectivity index (χ2n) is 6.34. The number of hydrogen-bond donors (Lipinski definition) is 2. The fourth-order valence-corrected chi connectivity index (χ4v) is 2.83. The van der Waals surface area contributed by atoms with Crippen molar-refractivity contribution in [2.24, 2.45) is 0 Å². The van der Waals surface area contributed by atoms with Gasteiger partial charge in [0.15, 0.2) is 5.82 Å². The zero-order valence-electron chi connectivity index (χ0n) is 16.1. The van der Waals surface area contributed by atoms with Gasteiger partial charge in [0.05, 0.1) is 13.2 Å². The number of carbonyl (C=O) groups is 2. The van der Waals surface area contributed by atoms with Crippen LogP contribution in [0, 0.1) is 5.41 Å². The Balaban J connectivity index is 1.70. The molecule has 1 aliphatic heterocycles. The van der Waals surface area contributed by atoms with Crippen molar-refractivity contribution in [2.75, 3.05) is 31.6 Å². The molecule has 0 saturated carbocycles. The first kappa shape index (κ1) is 20.3. The van der Waals surface area contributed by atoms with Gasteiger partial charge in [0.1, 0.15) is 17.6 Å². The molecular formula is C18H21N7O4. The van der Waals surface area contributed by atoms with Crippen molar-refractivity contribution >= 4 is 23.5 Å². The minimum Gasteiger partial charge on any atom is -0.456 e. The standard InChI is InChI=1S/C18H21N7O4/c1-11(29-12(2)26)15-17(22-24-23-21-15)20-18(27)14-5-3-13(4-6-14)16(19)25-7-9-28-10-8-25/h3-6,11,19H,7-10H2,1-2H3,(H,20,22,23,27). The smallest absolute Gasteiger partial charge is 0.303 e. The minimum absolute atomic E-state index is 0.0592. The molecule has 2 N–H and O–H groups in total. The number of morpholine rings is 1. The third-order valence-electron chi connectivity index (χ3n) is 4.29. The molecule has 1 aliphatic rings. The van der Waals surface area contributed by atoms with Crippen LogP contribution in [0.2, 0.25) is 0 Å². The highest BCUT2D eigenvalue weighted by atomic mass is 16.5. The van der Waals surface area contributed by atoms with E-state index in [2.05, 4.69) is 25.9 Å². The van der Waals surface area contributed by atoms with Gasteiger partial charge in [0.25, 0.3) is 5.91 Å². The van der Waals surface area contributed by atoms with E-state index in [1.54, 1.807) is 31.2 Å². The number of amides is 1. The number of esters is 1. The monoisotopic (exact) mass is 399 g/mol. The first-order valence-electron chi connectivity index (χ1n) is 9.02. The van der Waals surface area contributed by atoms with Gasteiger partial charge in [-0.1, -0.05) is 12.1 Å². The molecule has 2 aromatic rings. The van der Waals surface area contributed by atoms with Crippen LogP contribution in [0.5, 0.6) is 0 Å². The normalized spacial score (nSPS) is 14.8. The summed E-state index contributed by atoms with van der Waals surface area (Å²) in [7, 11) is 0. The van der Waals surface area contributed by atoms with E-state index in [-0.39, 0.29) is 11.5 Å². The van der Waals surface area contributed by atoms with Gasteiger partial charge < -0.3 is 19.7 Å². The molecule has 29 heavy (non-hydrogen) atoms. The van der Waals surface area contributed by atoms with E-state index in [1.165, 1.54) is 6.92 Å². The third kappa shape index (κ3) is 5.08. The van der Waals surface area contributed by atoms with E-state index >= 15 is 0 Å². The summed E-state index contributed by atoms with van der Waals surface area (Å²) in [5, 5.41) is 25.4. The maximum absolute atomic E-state index is 12.6. The molecule has 1 saturated heterocycles. The maximum atomic E-state index is 12.6. The Morgan fingerprint density at radius 2 is 1.76 bits per heavy atom. The minimum atomic E-state index is -0.748. The summed E-state index contributed by atoms with van der Waals surface area (Å²) in [5.74, 6) is -0.481. The van der Waals surface area contributed by atoms with E-state index in [0.29, 0.717) is 43.3 Å². The fourth-order valence-electron chi connectivity index (χ4n) is 2.83. The second kappa shape index (κ2) is 9.15. The van der Waals surface area contributed by atoms with Crippen LogP contribution in [0.4, 0.5) is 5.82 Å². The number of benzene rings is 1. The van der Waals surface area contributed by atoms with Gasteiger partial charge in [0, 0.05) is 31.1 Å². The van der Waals surface area contributed by atoms with Crippen LogP contribution >= 0.6 is 0 Å². The summed E-state index contributed by atoms with van der Waals surface area (Å²) >= 11 is 0. The Morgan fingerprint density at radius 3 is 2.41 bits per heavy atom. The zero-order chi connectivity index (χ0) is 20.8. The highest BCUT2D eigenvalue weighted by molar-refractivity contribution is 6.05. The molecular weight excluding hydrogens is 378 g/mol. The average molecular weight is 399 g/mol. The number of carbonyl (C=O) groups excluding carboxylic acids is 2. The van der Waals surface area contributed by atoms with Crippen molar-refractivity contribution in [1.29, 1.82) is 5.41 Å². The topological polar surface area (TPSA) is 143 Å². The number of nitrogens with one attached hydrogen (secondary N) is 2. The molecule has 11 nitrogen and oxygen atoms in total. The first-order valence-corrected chi connectivity index (χ1v) is 9.02. The van der Waals surface area contributed by atoms with E-state index in [0.717, 1.165) is 0 Å². The number of anilines is 1. The Kier molecular flexibility index (Phi) is 6.39. The Labute approximate surface area is 166 Å². The largest absolute Gasteiger partial charge is 0.456 e. The van der Waals surface area contributed by atoms with E-state index in [1.807, 2.05) is 4.90 Å². The first-order chi connectivity index (χ1) is 14.0. The molecule has 2 heterocycles. The molecule has 1 unspecified atom stereocenters. The highest BCUT2D eigenvalue weighted by Crippen LogP contribution is 2.20. The summed E-state index contributed by atoms with van der Waals surface area (Å²) < 4.78 is 10.4. The Morgan fingerprint density at radius 1 is 1.14 bits per heavy atom. The van der Waals surface area contributed by atoms with Crippen LogP contribution < -0.4 is 5.32 Å². The van der Waals surface area contributed by atoms with E-state index in [9.17, 15) is 9.59 Å². The van der Waals surface area contributed by atoms with E-state index in [4.69, 9.17) is 14.9 Å². The predicted octanol–water partition coefficient (Wildman–Crippen LogP) is 0.801. The molecule has 1 aromatic heterocycles. The number of amidine groups is 1. The number of aromatic nitrogens is 4. The van der Waals surface area contributed by atoms with Crippen molar-refractivity contribution in [2.45, 2.75) is 20.0 Å². The lowest BCUT2D eigenvalue weighted by molar-refractivity contribution is -0.146. The van der Waals surface area contributed by atoms with E-state index < -0.39 is 18.0 Å². The summed E-state index contributed by atoms with van der Waals surface area (Å²) in [6.45, 7) is 5.38. The molecule has 1 fully saturated rings. The lowest BCUT2D eigenvalue weighted by Gasteiger charge is -2.29.